The molecular weight excluding hydrogens is 500 g/mol. The van der Waals surface area contributed by atoms with Crippen molar-refractivity contribution < 1.29 is 14.6 Å². The average Bonchev–Trinajstić information content (AvgIpc) is 3.14. The molecule has 3 nitrogen and oxygen atoms in total. The molecule has 0 atom stereocenters. The monoisotopic (exact) mass is 538 g/mol. The highest BCUT2D eigenvalue weighted by Gasteiger charge is 2.53. The van der Waals surface area contributed by atoms with Gasteiger partial charge in [-0.1, -0.05) is 52.0 Å². The van der Waals surface area contributed by atoms with Gasteiger partial charge in [0.05, 0.1) is 14.2 Å². The highest BCUT2D eigenvalue weighted by Crippen LogP contribution is 2.65. The number of benzene rings is 4. The Morgan fingerprint density at radius 2 is 1.44 bits per heavy atom. The summed E-state index contributed by atoms with van der Waals surface area (Å²) in [4.78, 5) is 1.15. The third kappa shape index (κ3) is 4.02. The first-order chi connectivity index (χ1) is 18.5. The minimum atomic E-state index is -0.111. The predicted octanol–water partition coefficient (Wildman–Crippen LogP) is 9.45. The van der Waals surface area contributed by atoms with Crippen molar-refractivity contribution >= 4 is 22.5 Å². The van der Waals surface area contributed by atoms with Crippen LogP contribution in [-0.2, 0) is 5.41 Å². The molecule has 1 saturated carbocycles. The van der Waals surface area contributed by atoms with Crippen LogP contribution in [0.4, 0.5) is 0 Å². The van der Waals surface area contributed by atoms with E-state index in [4.69, 9.17) is 9.47 Å². The van der Waals surface area contributed by atoms with Gasteiger partial charge in [0.25, 0.3) is 0 Å². The molecule has 4 aromatic carbocycles. The Bertz CT molecular complexity index is 1600. The molecule has 2 aliphatic rings. The molecule has 4 heteroatoms. The summed E-state index contributed by atoms with van der Waals surface area (Å²) in [5.41, 5.74) is 7.61. The van der Waals surface area contributed by atoms with Gasteiger partial charge in [0, 0.05) is 27.3 Å². The molecule has 202 valence electrons. The van der Waals surface area contributed by atoms with Crippen LogP contribution in [0.5, 0.6) is 17.2 Å². The number of thioether (sulfide) groups is 1. The number of phenols is 1. The molecule has 0 heterocycles. The Balaban J connectivity index is 1.66. The predicted molar refractivity (Wildman–Crippen MR) is 164 cm³/mol. The molecule has 0 aliphatic heterocycles. The molecule has 39 heavy (non-hydrogen) atoms. The second-order valence-electron chi connectivity index (χ2n) is 13.0. The summed E-state index contributed by atoms with van der Waals surface area (Å²) in [7, 11) is 3.35. The molecule has 1 fully saturated rings. The fourth-order valence-corrected chi connectivity index (χ4v) is 8.88. The van der Waals surface area contributed by atoms with Gasteiger partial charge in [0.1, 0.15) is 17.2 Å². The van der Waals surface area contributed by atoms with Gasteiger partial charge in [-0.05, 0) is 99.9 Å². The minimum absolute atomic E-state index is 0.111. The summed E-state index contributed by atoms with van der Waals surface area (Å²) in [6.07, 6.45) is 5.47. The SMILES string of the molecule is COc1ccc(-c2cc3c(O)cc4c(c3cc2SC)-c2ccccc2C42CC(C)(C)CC(C)(C)C2)c(OC)c1. The number of phenolic OH excluding ortho intramolecular Hbond substituents is 1. The first-order valence-electron chi connectivity index (χ1n) is 13.7. The van der Waals surface area contributed by atoms with Crippen LogP contribution < -0.4 is 9.47 Å². The number of hydrogen-bond acceptors (Lipinski definition) is 4. The first kappa shape index (κ1) is 26.1. The summed E-state index contributed by atoms with van der Waals surface area (Å²) >= 11 is 1.73. The van der Waals surface area contributed by atoms with Gasteiger partial charge >= 0.3 is 0 Å². The highest BCUT2D eigenvalue weighted by molar-refractivity contribution is 7.98. The van der Waals surface area contributed by atoms with Crippen LogP contribution in [0, 0.1) is 10.8 Å². The van der Waals surface area contributed by atoms with Gasteiger partial charge in [0.15, 0.2) is 0 Å². The van der Waals surface area contributed by atoms with Crippen molar-refractivity contribution in [2.75, 3.05) is 20.5 Å². The summed E-state index contributed by atoms with van der Waals surface area (Å²) in [5, 5.41) is 13.7. The summed E-state index contributed by atoms with van der Waals surface area (Å²) in [5.74, 6) is 1.85. The topological polar surface area (TPSA) is 38.7 Å². The molecule has 4 aromatic rings. The summed E-state index contributed by atoms with van der Waals surface area (Å²) in [6, 6.07) is 21.4. The van der Waals surface area contributed by atoms with E-state index in [1.54, 1.807) is 26.0 Å². The Labute approximate surface area is 236 Å². The van der Waals surface area contributed by atoms with Crippen molar-refractivity contribution in [3.05, 3.63) is 71.8 Å². The zero-order chi connectivity index (χ0) is 27.7. The van der Waals surface area contributed by atoms with E-state index in [1.807, 2.05) is 18.2 Å². The van der Waals surface area contributed by atoms with E-state index < -0.39 is 0 Å². The lowest BCUT2D eigenvalue weighted by Crippen LogP contribution is -2.43. The van der Waals surface area contributed by atoms with Crippen molar-refractivity contribution in [1.29, 1.82) is 0 Å². The second-order valence-corrected chi connectivity index (χ2v) is 13.8. The van der Waals surface area contributed by atoms with Crippen molar-refractivity contribution in [3.63, 3.8) is 0 Å². The van der Waals surface area contributed by atoms with Crippen LogP contribution in [0.15, 0.2) is 65.6 Å². The number of rotatable bonds is 4. The molecule has 1 spiro atoms. The number of hydrogen-bond donors (Lipinski definition) is 1. The number of methoxy groups -OCH3 is 2. The van der Waals surface area contributed by atoms with E-state index in [0.717, 1.165) is 51.1 Å². The number of fused-ring (bicyclic) bond motifs is 7. The number of aromatic hydroxyl groups is 1. The third-order valence-electron chi connectivity index (χ3n) is 8.88. The zero-order valence-electron chi connectivity index (χ0n) is 24.1. The lowest BCUT2D eigenvalue weighted by molar-refractivity contribution is 0.0645. The van der Waals surface area contributed by atoms with E-state index in [-0.39, 0.29) is 16.2 Å². The number of ether oxygens (including phenoxy) is 2. The molecule has 1 N–H and O–H groups in total. The van der Waals surface area contributed by atoms with Crippen LogP contribution >= 0.6 is 11.8 Å². The molecule has 0 bridgehead atoms. The van der Waals surface area contributed by atoms with E-state index in [0.29, 0.717) is 5.75 Å². The fourth-order valence-electron chi connectivity index (χ4n) is 8.26. The standard InChI is InChI=1S/C35H38O3S/c1-33(2)18-34(3,4)20-35(19-33)27-11-9-8-10-23(27)32-26-16-31(39-7)25(15-24(26)29(36)17-28(32)35)22-13-12-21(37-5)14-30(22)38-6/h8-17,36H,18-20H2,1-7H3. The maximum absolute atomic E-state index is 11.7. The van der Waals surface area contributed by atoms with Gasteiger partial charge in [-0.25, -0.2) is 0 Å². The normalized spacial score (nSPS) is 18.1. The molecule has 0 unspecified atom stereocenters. The summed E-state index contributed by atoms with van der Waals surface area (Å²) < 4.78 is 11.2. The quantitative estimate of drug-likeness (QED) is 0.263. The van der Waals surface area contributed by atoms with Crippen molar-refractivity contribution in [2.24, 2.45) is 10.8 Å². The van der Waals surface area contributed by atoms with Gasteiger partial charge in [0.2, 0.25) is 0 Å². The van der Waals surface area contributed by atoms with Gasteiger partial charge in [-0.15, -0.1) is 11.8 Å². The van der Waals surface area contributed by atoms with Gasteiger partial charge in [-0.3, -0.25) is 0 Å². The fraction of sp³-hybridized carbons (Fsp3) is 0.371. The molecule has 0 radical (unpaired) electrons. The van der Waals surface area contributed by atoms with Crippen molar-refractivity contribution in [1.82, 2.24) is 0 Å². The second kappa shape index (κ2) is 8.96. The van der Waals surface area contributed by atoms with E-state index in [2.05, 4.69) is 76.4 Å². The van der Waals surface area contributed by atoms with Crippen LogP contribution in [0.2, 0.25) is 0 Å². The van der Waals surface area contributed by atoms with Crippen LogP contribution in [0.3, 0.4) is 0 Å². The third-order valence-corrected chi connectivity index (χ3v) is 9.66. The van der Waals surface area contributed by atoms with Crippen molar-refractivity contribution in [3.8, 4) is 39.5 Å². The van der Waals surface area contributed by atoms with E-state index >= 15 is 0 Å². The molecule has 0 aromatic heterocycles. The zero-order valence-corrected chi connectivity index (χ0v) is 24.9. The van der Waals surface area contributed by atoms with E-state index in [9.17, 15) is 5.11 Å². The molecule has 0 amide bonds. The Hall–Kier alpha value is -3.11. The first-order valence-corrected chi connectivity index (χ1v) is 15.0. The minimum Gasteiger partial charge on any atom is -0.507 e. The lowest BCUT2D eigenvalue weighted by Gasteiger charge is -2.51. The largest absolute Gasteiger partial charge is 0.507 e. The van der Waals surface area contributed by atoms with Gasteiger partial charge in [-0.2, -0.15) is 0 Å². The van der Waals surface area contributed by atoms with Crippen LogP contribution in [-0.4, -0.2) is 25.6 Å². The molecule has 6 rings (SSSR count). The maximum Gasteiger partial charge on any atom is 0.130 e. The molecule has 0 saturated heterocycles. The van der Waals surface area contributed by atoms with Crippen LogP contribution in [0.1, 0.15) is 58.1 Å². The summed E-state index contributed by atoms with van der Waals surface area (Å²) in [6.45, 7) is 9.66. The molecule has 2 aliphatic carbocycles. The Morgan fingerprint density at radius 3 is 2.10 bits per heavy atom. The average molecular weight is 539 g/mol. The van der Waals surface area contributed by atoms with Crippen molar-refractivity contribution in [2.45, 2.75) is 57.3 Å². The van der Waals surface area contributed by atoms with E-state index in [1.165, 1.54) is 28.7 Å². The lowest BCUT2D eigenvalue weighted by atomic mass is 9.52. The highest BCUT2D eigenvalue weighted by atomic mass is 32.2. The molecular formula is C35H38O3S. The maximum atomic E-state index is 11.7. The van der Waals surface area contributed by atoms with Crippen LogP contribution in [0.25, 0.3) is 33.0 Å². The van der Waals surface area contributed by atoms with Gasteiger partial charge < -0.3 is 14.6 Å². The Kier molecular flexibility index (Phi) is 6.00. The Morgan fingerprint density at radius 1 is 0.718 bits per heavy atom. The smallest absolute Gasteiger partial charge is 0.130 e.